The Morgan fingerprint density at radius 1 is 1.36 bits per heavy atom. The fraction of sp³-hybridized carbons (Fsp3) is 0.889. The Bertz CT molecular complexity index is 153. The minimum Gasteiger partial charge on any atom is -0.450 e. The van der Waals surface area contributed by atoms with Crippen molar-refractivity contribution < 1.29 is 15.0 Å². The molecule has 0 atom stereocenters. The fourth-order valence-corrected chi connectivity index (χ4v) is 0.883. The average molecular weight is 270 g/mol. The van der Waals surface area contributed by atoms with Gasteiger partial charge in [0.2, 0.25) is 0 Å². The van der Waals surface area contributed by atoms with E-state index in [4.69, 9.17) is 15.0 Å². The third-order valence-corrected chi connectivity index (χ3v) is 2.33. The summed E-state index contributed by atoms with van der Waals surface area (Å²) in [5, 5.41) is 15.0. The van der Waals surface area contributed by atoms with Gasteiger partial charge in [0.25, 0.3) is 0 Å². The van der Waals surface area contributed by atoms with Crippen LogP contribution in [-0.2, 0) is 0 Å². The summed E-state index contributed by atoms with van der Waals surface area (Å²) in [6.07, 6.45) is -0.603. The summed E-state index contributed by atoms with van der Waals surface area (Å²) in [6, 6.07) is 0. The Hall–Kier alpha value is -0.290. The summed E-state index contributed by atoms with van der Waals surface area (Å²) in [5.74, 6) is 0. The first-order valence-electron chi connectivity index (χ1n) is 4.41. The monoisotopic (exact) mass is 269 g/mol. The molecule has 0 saturated carbocycles. The Balaban J connectivity index is 0. The van der Waals surface area contributed by atoms with E-state index in [9.17, 15) is 0 Å². The molecule has 0 amide bonds. The van der Waals surface area contributed by atoms with Crippen molar-refractivity contribution >= 4 is 22.1 Å². The van der Waals surface area contributed by atoms with Crippen molar-refractivity contribution in [1.82, 2.24) is 4.90 Å². The summed E-state index contributed by atoms with van der Waals surface area (Å²) >= 11 is 3.42. The van der Waals surface area contributed by atoms with Crippen LogP contribution < -0.4 is 0 Å². The number of hydrogen-bond acceptors (Lipinski definition) is 2. The normalized spacial score (nSPS) is 10.7. The number of hydrogen-bond donors (Lipinski definition) is 2. The number of carbonyl (C=O) groups is 1. The Morgan fingerprint density at radius 3 is 1.93 bits per heavy atom. The topological polar surface area (TPSA) is 60.8 Å². The van der Waals surface area contributed by atoms with Gasteiger partial charge in [-0.2, -0.15) is 0 Å². The van der Waals surface area contributed by atoms with Gasteiger partial charge < -0.3 is 15.1 Å². The molecule has 0 fully saturated rings. The molecule has 0 aliphatic rings. The van der Waals surface area contributed by atoms with Gasteiger partial charge in [0.15, 0.2) is 0 Å². The van der Waals surface area contributed by atoms with Crippen molar-refractivity contribution in [2.75, 3.05) is 18.9 Å². The van der Waals surface area contributed by atoms with Gasteiger partial charge in [-0.25, -0.2) is 4.79 Å². The highest BCUT2D eigenvalue weighted by atomic mass is 79.9. The molecule has 0 heterocycles. The zero-order valence-electron chi connectivity index (χ0n) is 9.25. The molecule has 5 heteroatoms. The van der Waals surface area contributed by atoms with Crippen molar-refractivity contribution in [3.05, 3.63) is 0 Å². The van der Waals surface area contributed by atoms with Crippen LogP contribution in [0.2, 0.25) is 0 Å². The van der Waals surface area contributed by atoms with Crippen LogP contribution in [0.4, 0.5) is 4.79 Å². The quantitative estimate of drug-likeness (QED) is 0.774. The van der Waals surface area contributed by atoms with Crippen molar-refractivity contribution in [3.8, 4) is 0 Å². The Labute approximate surface area is 94.0 Å². The molecule has 2 N–H and O–H groups in total. The zero-order chi connectivity index (χ0) is 11.8. The molecule has 4 nitrogen and oxygen atoms in total. The lowest BCUT2D eigenvalue weighted by atomic mass is 10.1. The molecule has 0 aliphatic heterocycles. The number of rotatable bonds is 3. The van der Waals surface area contributed by atoms with Gasteiger partial charge >= 0.3 is 6.16 Å². The molecule has 0 aromatic heterocycles. The molecule has 0 bridgehead atoms. The molecule has 0 aromatic rings. The Morgan fingerprint density at radius 2 is 1.71 bits per heavy atom. The highest BCUT2D eigenvalue weighted by Crippen LogP contribution is 2.10. The summed E-state index contributed by atoms with van der Waals surface area (Å²) in [5.41, 5.74) is 0.322. The second-order valence-electron chi connectivity index (χ2n) is 3.92. The van der Waals surface area contributed by atoms with Crippen LogP contribution >= 0.6 is 15.9 Å². The minimum absolute atomic E-state index is 0.322. The maximum Gasteiger partial charge on any atom is 0.503 e. The molecule has 0 radical (unpaired) electrons. The number of carboxylic acid groups (broad SMARTS) is 2. The van der Waals surface area contributed by atoms with Gasteiger partial charge in [-0.1, -0.05) is 15.9 Å². The lowest BCUT2D eigenvalue weighted by Gasteiger charge is -2.31. The van der Waals surface area contributed by atoms with E-state index < -0.39 is 6.16 Å². The molecule has 0 rings (SSSR count). The third kappa shape index (κ3) is 14.2. The summed E-state index contributed by atoms with van der Waals surface area (Å²) < 4.78 is 0. The van der Waals surface area contributed by atoms with Gasteiger partial charge in [-0.3, -0.25) is 0 Å². The number of alkyl halides is 1. The predicted molar refractivity (Wildman–Crippen MR) is 61.4 cm³/mol. The van der Waals surface area contributed by atoms with E-state index in [2.05, 4.69) is 48.6 Å². The first-order chi connectivity index (χ1) is 6.21. The second kappa shape index (κ2) is 8.05. The first kappa shape index (κ1) is 16.2. The summed E-state index contributed by atoms with van der Waals surface area (Å²) in [7, 11) is 2.17. The van der Waals surface area contributed by atoms with Crippen molar-refractivity contribution in [2.24, 2.45) is 0 Å². The van der Waals surface area contributed by atoms with Crippen molar-refractivity contribution in [1.29, 1.82) is 0 Å². The molecule has 86 valence electrons. The van der Waals surface area contributed by atoms with Gasteiger partial charge in [-0.05, 0) is 40.8 Å². The van der Waals surface area contributed by atoms with Crippen molar-refractivity contribution in [2.45, 2.75) is 32.7 Å². The van der Waals surface area contributed by atoms with Gasteiger partial charge in [-0.15, -0.1) is 0 Å². The maximum absolute atomic E-state index is 8.56. The molecule has 14 heavy (non-hydrogen) atoms. The molecule has 0 spiro atoms. The fourth-order valence-electron chi connectivity index (χ4n) is 0.632. The smallest absolute Gasteiger partial charge is 0.450 e. The lowest BCUT2D eigenvalue weighted by Crippen LogP contribution is -2.38. The van der Waals surface area contributed by atoms with E-state index in [-0.39, 0.29) is 0 Å². The zero-order valence-corrected chi connectivity index (χ0v) is 10.8. The lowest BCUT2D eigenvalue weighted by molar-refractivity contribution is 0.137. The van der Waals surface area contributed by atoms with Crippen LogP contribution in [0.3, 0.4) is 0 Å². The standard InChI is InChI=1S/C8H18BrN.CH2O3/c1-8(2,3)10(4)7-5-6-9;2-1(3)4/h5-7H2,1-4H3;(H2,2,3,4). The summed E-state index contributed by atoms with van der Waals surface area (Å²) in [4.78, 5) is 10.9. The summed E-state index contributed by atoms with van der Waals surface area (Å²) in [6.45, 7) is 7.89. The van der Waals surface area contributed by atoms with Crippen molar-refractivity contribution in [3.63, 3.8) is 0 Å². The number of halogens is 1. The van der Waals surface area contributed by atoms with E-state index in [1.54, 1.807) is 0 Å². The highest BCUT2D eigenvalue weighted by molar-refractivity contribution is 9.09. The molecular formula is C9H20BrNO3. The average Bonchev–Trinajstić information content (AvgIpc) is 1.97. The van der Waals surface area contributed by atoms with Gasteiger partial charge in [0, 0.05) is 10.9 Å². The van der Waals surface area contributed by atoms with Gasteiger partial charge in [0.05, 0.1) is 0 Å². The molecule has 0 saturated heterocycles. The Kier molecular flexibility index (Phi) is 9.29. The van der Waals surface area contributed by atoms with Crippen LogP contribution in [-0.4, -0.2) is 45.7 Å². The molecule has 0 unspecified atom stereocenters. The van der Waals surface area contributed by atoms with Gasteiger partial charge in [0.1, 0.15) is 0 Å². The number of nitrogens with zero attached hydrogens (tertiary/aromatic N) is 1. The van der Waals surface area contributed by atoms with Crippen LogP contribution in [0, 0.1) is 0 Å². The molecule has 0 aliphatic carbocycles. The highest BCUT2D eigenvalue weighted by Gasteiger charge is 2.15. The van der Waals surface area contributed by atoms with E-state index in [0.29, 0.717) is 5.54 Å². The van der Waals surface area contributed by atoms with Crippen LogP contribution in [0.1, 0.15) is 27.2 Å². The van der Waals surface area contributed by atoms with Crippen LogP contribution in [0.5, 0.6) is 0 Å². The molecule has 0 aromatic carbocycles. The van der Waals surface area contributed by atoms with E-state index in [1.807, 2.05) is 0 Å². The minimum atomic E-state index is -1.83. The predicted octanol–water partition coefficient (Wildman–Crippen LogP) is 2.72. The largest absolute Gasteiger partial charge is 0.503 e. The van der Waals surface area contributed by atoms with E-state index in [1.165, 1.54) is 13.0 Å². The SMILES string of the molecule is CN(CCCBr)C(C)(C)C.O=C(O)O. The van der Waals surface area contributed by atoms with E-state index in [0.717, 1.165) is 5.33 Å². The second-order valence-corrected chi connectivity index (χ2v) is 4.71. The maximum atomic E-state index is 8.56. The first-order valence-corrected chi connectivity index (χ1v) is 5.53. The molecular weight excluding hydrogens is 250 g/mol. The van der Waals surface area contributed by atoms with E-state index >= 15 is 0 Å². The third-order valence-electron chi connectivity index (χ3n) is 1.77. The van der Waals surface area contributed by atoms with Crippen LogP contribution in [0.15, 0.2) is 0 Å². The van der Waals surface area contributed by atoms with Crippen LogP contribution in [0.25, 0.3) is 0 Å².